The smallest absolute Gasteiger partial charge is 0.336 e. The lowest BCUT2D eigenvalue weighted by atomic mass is 10.2. The van der Waals surface area contributed by atoms with Crippen molar-refractivity contribution in [2.45, 2.75) is 6.18 Å². The number of hydrogen-bond acceptors (Lipinski definition) is 2. The molecule has 0 heterocycles. The van der Waals surface area contributed by atoms with Crippen LogP contribution in [0.2, 0.25) is 0 Å². The fourth-order valence-corrected chi connectivity index (χ4v) is 2.94. The molecule has 3 aromatic rings. The summed E-state index contributed by atoms with van der Waals surface area (Å²) in [5.74, 6) is -0.505. The lowest BCUT2D eigenvalue weighted by Gasteiger charge is -2.23. The van der Waals surface area contributed by atoms with Gasteiger partial charge in [0.2, 0.25) is 0 Å². The predicted octanol–water partition coefficient (Wildman–Crippen LogP) is 5.70. The highest BCUT2D eigenvalue weighted by atomic mass is 19.4. The zero-order chi connectivity index (χ0) is 23.8. The van der Waals surface area contributed by atoms with E-state index in [0.717, 1.165) is 18.2 Å². The highest BCUT2D eigenvalue weighted by Crippen LogP contribution is 2.30. The summed E-state index contributed by atoms with van der Waals surface area (Å²) in [4.78, 5) is 26.2. The Morgan fingerprint density at radius 2 is 1.48 bits per heavy atom. The van der Waals surface area contributed by atoms with E-state index in [0.29, 0.717) is 5.69 Å². The number of anilines is 3. The van der Waals surface area contributed by atoms with Gasteiger partial charge < -0.3 is 16.0 Å². The number of hydrogen-bond donors (Lipinski definition) is 3. The molecule has 0 spiro atoms. The second kappa shape index (κ2) is 10.5. The SMILES string of the molecule is O=C(NCCN(C(=O)Nc1cccc(C(F)(F)F)c1)c1ccccc1)Nc1cccc(F)c1. The molecule has 10 heteroatoms. The molecule has 4 amide bonds. The van der Waals surface area contributed by atoms with Crippen LogP contribution >= 0.6 is 0 Å². The molecule has 0 aliphatic heterocycles. The summed E-state index contributed by atoms with van der Waals surface area (Å²) in [6, 6.07) is 16.8. The van der Waals surface area contributed by atoms with Crippen LogP contribution in [0.4, 0.5) is 44.2 Å². The number of rotatable bonds is 6. The lowest BCUT2D eigenvalue weighted by Crippen LogP contribution is -2.42. The monoisotopic (exact) mass is 460 g/mol. The number of amides is 4. The average molecular weight is 460 g/mol. The normalized spacial score (nSPS) is 10.9. The van der Waals surface area contributed by atoms with Crippen LogP contribution in [0.25, 0.3) is 0 Å². The average Bonchev–Trinajstić information content (AvgIpc) is 2.77. The number of halogens is 4. The number of para-hydroxylation sites is 1. The van der Waals surface area contributed by atoms with Gasteiger partial charge in [-0.2, -0.15) is 13.2 Å². The van der Waals surface area contributed by atoms with Gasteiger partial charge in [-0.25, -0.2) is 14.0 Å². The van der Waals surface area contributed by atoms with Crippen molar-refractivity contribution in [2.24, 2.45) is 0 Å². The molecule has 0 saturated carbocycles. The van der Waals surface area contributed by atoms with Crippen molar-refractivity contribution in [1.82, 2.24) is 5.32 Å². The van der Waals surface area contributed by atoms with Gasteiger partial charge in [-0.3, -0.25) is 4.90 Å². The fraction of sp³-hybridized carbons (Fsp3) is 0.130. The van der Waals surface area contributed by atoms with E-state index < -0.39 is 29.6 Å². The summed E-state index contributed by atoms with van der Waals surface area (Å²) in [6.45, 7) is 0.0391. The van der Waals surface area contributed by atoms with Crippen molar-refractivity contribution in [3.05, 3.63) is 90.2 Å². The van der Waals surface area contributed by atoms with Crippen molar-refractivity contribution < 1.29 is 27.2 Å². The van der Waals surface area contributed by atoms with Gasteiger partial charge in [-0.1, -0.05) is 30.3 Å². The van der Waals surface area contributed by atoms with Crippen molar-refractivity contribution >= 4 is 29.1 Å². The Hall–Kier alpha value is -4.08. The Bertz CT molecular complexity index is 1110. The molecule has 0 aliphatic rings. The molecule has 172 valence electrons. The van der Waals surface area contributed by atoms with Crippen LogP contribution in [-0.4, -0.2) is 25.2 Å². The van der Waals surface area contributed by atoms with Crippen molar-refractivity contribution in [2.75, 3.05) is 28.6 Å². The maximum absolute atomic E-state index is 13.2. The van der Waals surface area contributed by atoms with E-state index in [1.165, 1.54) is 35.2 Å². The van der Waals surface area contributed by atoms with Gasteiger partial charge in [0.15, 0.2) is 0 Å². The van der Waals surface area contributed by atoms with Gasteiger partial charge in [-0.15, -0.1) is 0 Å². The number of nitrogens with zero attached hydrogens (tertiary/aromatic N) is 1. The molecule has 3 rings (SSSR count). The Balaban J connectivity index is 1.65. The Kier molecular flexibility index (Phi) is 7.50. The van der Waals surface area contributed by atoms with Gasteiger partial charge in [-0.05, 0) is 48.5 Å². The second-order valence-electron chi connectivity index (χ2n) is 6.89. The maximum atomic E-state index is 13.2. The second-order valence-corrected chi connectivity index (χ2v) is 6.89. The van der Waals surface area contributed by atoms with Crippen LogP contribution in [0.3, 0.4) is 0 Å². The summed E-state index contributed by atoms with van der Waals surface area (Å²) < 4.78 is 52.1. The molecule has 0 aromatic heterocycles. The third-order valence-electron chi connectivity index (χ3n) is 4.46. The Morgan fingerprint density at radius 1 is 0.818 bits per heavy atom. The molecule has 6 nitrogen and oxygen atoms in total. The number of benzene rings is 3. The summed E-state index contributed by atoms with van der Waals surface area (Å²) in [5.41, 5.74) is -0.168. The molecular weight excluding hydrogens is 440 g/mol. The highest BCUT2D eigenvalue weighted by molar-refractivity contribution is 6.01. The van der Waals surface area contributed by atoms with Gasteiger partial charge in [0.25, 0.3) is 0 Å². The van der Waals surface area contributed by atoms with Crippen LogP contribution in [0, 0.1) is 5.82 Å². The molecule has 0 aliphatic carbocycles. The molecule has 0 radical (unpaired) electrons. The van der Waals surface area contributed by atoms with Gasteiger partial charge in [0.1, 0.15) is 5.82 Å². The minimum Gasteiger partial charge on any atom is -0.336 e. The van der Waals surface area contributed by atoms with Crippen LogP contribution in [0.1, 0.15) is 5.56 Å². The molecular formula is C23H20F4N4O2. The molecule has 0 saturated heterocycles. The third kappa shape index (κ3) is 6.96. The van der Waals surface area contributed by atoms with E-state index in [1.807, 2.05) is 0 Å². The topological polar surface area (TPSA) is 73.5 Å². The lowest BCUT2D eigenvalue weighted by molar-refractivity contribution is -0.137. The van der Waals surface area contributed by atoms with Crippen molar-refractivity contribution in [1.29, 1.82) is 0 Å². The molecule has 3 N–H and O–H groups in total. The van der Waals surface area contributed by atoms with Crippen LogP contribution in [0.15, 0.2) is 78.9 Å². The Labute approximate surface area is 187 Å². The molecule has 0 fully saturated rings. The van der Waals surface area contributed by atoms with E-state index in [2.05, 4.69) is 16.0 Å². The van der Waals surface area contributed by atoms with Gasteiger partial charge in [0.05, 0.1) is 5.56 Å². The summed E-state index contributed by atoms with van der Waals surface area (Å²) in [6.07, 6.45) is -4.54. The van der Waals surface area contributed by atoms with Crippen molar-refractivity contribution in [3.8, 4) is 0 Å². The van der Waals surface area contributed by atoms with E-state index >= 15 is 0 Å². The highest BCUT2D eigenvalue weighted by Gasteiger charge is 2.30. The quantitative estimate of drug-likeness (QED) is 0.413. The third-order valence-corrected chi connectivity index (χ3v) is 4.46. The predicted molar refractivity (Wildman–Crippen MR) is 118 cm³/mol. The summed E-state index contributed by atoms with van der Waals surface area (Å²) in [5, 5.41) is 7.48. The first kappa shape index (κ1) is 23.6. The minimum atomic E-state index is -4.54. The number of urea groups is 2. The standard InChI is InChI=1S/C23H20F4N4O2/c24-17-7-5-9-19(15-17)29-21(32)28-12-13-31(20-10-2-1-3-11-20)22(33)30-18-8-4-6-16(14-18)23(25,26)27/h1-11,14-15H,12-13H2,(H,30,33)(H2,28,29,32). The van der Waals surface area contributed by atoms with Gasteiger partial charge >= 0.3 is 18.2 Å². The first-order valence-corrected chi connectivity index (χ1v) is 9.83. The number of alkyl halides is 3. The zero-order valence-electron chi connectivity index (χ0n) is 17.2. The van der Waals surface area contributed by atoms with E-state index in [4.69, 9.17) is 0 Å². The molecule has 33 heavy (non-hydrogen) atoms. The summed E-state index contributed by atoms with van der Waals surface area (Å²) in [7, 11) is 0. The molecule has 0 atom stereocenters. The Morgan fingerprint density at radius 3 is 2.15 bits per heavy atom. The van der Waals surface area contributed by atoms with E-state index in [9.17, 15) is 27.2 Å². The largest absolute Gasteiger partial charge is 0.416 e. The maximum Gasteiger partial charge on any atom is 0.416 e. The molecule has 0 bridgehead atoms. The van der Waals surface area contributed by atoms with E-state index in [1.54, 1.807) is 30.3 Å². The first-order chi connectivity index (χ1) is 15.7. The number of carbonyl (C=O) groups excluding carboxylic acids is 2. The number of carbonyl (C=O) groups is 2. The van der Waals surface area contributed by atoms with Gasteiger partial charge in [0, 0.05) is 30.2 Å². The van der Waals surface area contributed by atoms with Crippen LogP contribution in [0.5, 0.6) is 0 Å². The minimum absolute atomic E-state index is 0.0192. The number of nitrogens with one attached hydrogen (secondary N) is 3. The first-order valence-electron chi connectivity index (χ1n) is 9.83. The molecule has 0 unspecified atom stereocenters. The van der Waals surface area contributed by atoms with Crippen LogP contribution < -0.4 is 20.9 Å². The zero-order valence-corrected chi connectivity index (χ0v) is 17.2. The summed E-state index contributed by atoms with van der Waals surface area (Å²) >= 11 is 0. The van der Waals surface area contributed by atoms with Crippen molar-refractivity contribution in [3.63, 3.8) is 0 Å². The fourth-order valence-electron chi connectivity index (χ4n) is 2.94. The molecule has 3 aromatic carbocycles. The van der Waals surface area contributed by atoms with Crippen LogP contribution in [-0.2, 0) is 6.18 Å². The van der Waals surface area contributed by atoms with E-state index in [-0.39, 0.29) is 24.5 Å².